The molecule has 0 bridgehead atoms. The van der Waals surface area contributed by atoms with Crippen molar-refractivity contribution in [2.75, 3.05) is 20.0 Å². The number of benzene rings is 2. The molecule has 1 aliphatic heterocycles. The van der Waals surface area contributed by atoms with Crippen molar-refractivity contribution in [3.8, 4) is 23.0 Å². The Morgan fingerprint density at radius 1 is 1.08 bits per heavy atom. The minimum Gasteiger partial charge on any atom is -0.508 e. The van der Waals surface area contributed by atoms with Crippen molar-refractivity contribution in [2.45, 2.75) is 32.0 Å². The maximum Gasteiger partial charge on any atom is 0.199 e. The third-order valence-electron chi connectivity index (χ3n) is 4.27. The zero-order valence-corrected chi connectivity index (χ0v) is 14.8. The Morgan fingerprint density at radius 3 is 2.65 bits per heavy atom. The number of aromatic hydroxyl groups is 2. The average molecular weight is 360 g/mol. The highest BCUT2D eigenvalue weighted by molar-refractivity contribution is 5.42. The Bertz CT molecular complexity index is 709. The van der Waals surface area contributed by atoms with Crippen LogP contribution in [0.3, 0.4) is 0 Å². The Balaban J connectivity index is 1.54. The Hall–Kier alpha value is -2.44. The minimum absolute atomic E-state index is 0.0972. The van der Waals surface area contributed by atoms with Gasteiger partial charge in [0.1, 0.15) is 23.0 Å². The smallest absolute Gasteiger partial charge is 0.199 e. The van der Waals surface area contributed by atoms with E-state index in [1.165, 1.54) is 0 Å². The van der Waals surface area contributed by atoms with Crippen LogP contribution in [-0.2, 0) is 9.47 Å². The summed E-state index contributed by atoms with van der Waals surface area (Å²) in [6, 6.07) is 11.9. The number of ether oxygens (including phenoxy) is 4. The first-order valence-corrected chi connectivity index (χ1v) is 8.76. The molecule has 1 heterocycles. The molecule has 0 radical (unpaired) electrons. The number of rotatable bonds is 7. The maximum atomic E-state index is 10.3. The van der Waals surface area contributed by atoms with Gasteiger partial charge in [-0.3, -0.25) is 0 Å². The van der Waals surface area contributed by atoms with Gasteiger partial charge in [0.05, 0.1) is 6.61 Å². The molecule has 1 fully saturated rings. The molecule has 26 heavy (non-hydrogen) atoms. The molecular weight excluding hydrogens is 336 g/mol. The molecule has 0 amide bonds. The first kappa shape index (κ1) is 18.4. The molecule has 2 unspecified atom stereocenters. The monoisotopic (exact) mass is 360 g/mol. The molecule has 0 saturated carbocycles. The average Bonchev–Trinajstić information content (AvgIpc) is 2.63. The third-order valence-corrected chi connectivity index (χ3v) is 4.27. The Kier molecular flexibility index (Phi) is 6.20. The van der Waals surface area contributed by atoms with E-state index in [1.54, 1.807) is 30.3 Å². The van der Waals surface area contributed by atoms with Gasteiger partial charge in [0.2, 0.25) is 0 Å². The summed E-state index contributed by atoms with van der Waals surface area (Å²) < 4.78 is 22.1. The van der Waals surface area contributed by atoms with Crippen LogP contribution in [0.4, 0.5) is 0 Å². The second kappa shape index (κ2) is 8.78. The summed E-state index contributed by atoms with van der Waals surface area (Å²) in [5.74, 6) is 1.60. The standard InChI is InChI=1S/C20H24O6/c1-2-23-13-25-16-7-8-18(19(22)11-16)14-6-9-20(24-12-14)26-17-5-3-4-15(21)10-17/h3-5,7-8,10-11,14,20-22H,2,6,9,12-13H2,1H3. The van der Waals surface area contributed by atoms with Crippen LogP contribution in [0.15, 0.2) is 42.5 Å². The van der Waals surface area contributed by atoms with Crippen LogP contribution in [0, 0.1) is 0 Å². The van der Waals surface area contributed by atoms with Crippen molar-refractivity contribution in [1.29, 1.82) is 0 Å². The topological polar surface area (TPSA) is 77.4 Å². The fourth-order valence-corrected chi connectivity index (χ4v) is 2.93. The molecule has 0 spiro atoms. The van der Waals surface area contributed by atoms with Gasteiger partial charge in [0, 0.05) is 31.1 Å². The van der Waals surface area contributed by atoms with Crippen LogP contribution in [0.25, 0.3) is 0 Å². The molecule has 2 aromatic rings. The predicted molar refractivity (Wildman–Crippen MR) is 95.7 cm³/mol. The van der Waals surface area contributed by atoms with E-state index in [2.05, 4.69) is 0 Å². The molecule has 1 saturated heterocycles. The zero-order valence-electron chi connectivity index (χ0n) is 14.8. The van der Waals surface area contributed by atoms with Crippen LogP contribution in [0.2, 0.25) is 0 Å². The van der Waals surface area contributed by atoms with Crippen LogP contribution < -0.4 is 9.47 Å². The summed E-state index contributed by atoms with van der Waals surface area (Å²) in [6.07, 6.45) is 1.17. The molecule has 2 aromatic carbocycles. The van der Waals surface area contributed by atoms with Crippen molar-refractivity contribution in [3.05, 3.63) is 48.0 Å². The summed E-state index contributed by atoms with van der Waals surface area (Å²) in [6.45, 7) is 3.09. The van der Waals surface area contributed by atoms with Crippen molar-refractivity contribution < 1.29 is 29.2 Å². The van der Waals surface area contributed by atoms with Gasteiger partial charge in [-0.05, 0) is 37.1 Å². The summed E-state index contributed by atoms with van der Waals surface area (Å²) in [5.41, 5.74) is 0.838. The first-order valence-electron chi connectivity index (χ1n) is 8.76. The normalized spacial score (nSPS) is 19.9. The lowest BCUT2D eigenvalue weighted by atomic mass is 9.92. The number of hydrogen-bond donors (Lipinski definition) is 2. The van der Waals surface area contributed by atoms with Gasteiger partial charge in [0.25, 0.3) is 0 Å². The SMILES string of the molecule is CCOCOc1ccc(C2CCC(Oc3cccc(O)c3)OC2)c(O)c1. The predicted octanol–water partition coefficient (Wildman–Crippen LogP) is 3.77. The molecule has 140 valence electrons. The minimum atomic E-state index is -0.357. The highest BCUT2D eigenvalue weighted by Crippen LogP contribution is 2.36. The number of hydrogen-bond acceptors (Lipinski definition) is 6. The van der Waals surface area contributed by atoms with Gasteiger partial charge < -0.3 is 29.2 Å². The lowest BCUT2D eigenvalue weighted by molar-refractivity contribution is -0.113. The second-order valence-electron chi connectivity index (χ2n) is 6.13. The fraction of sp³-hybridized carbons (Fsp3) is 0.400. The maximum absolute atomic E-state index is 10.3. The van der Waals surface area contributed by atoms with Crippen LogP contribution in [-0.4, -0.2) is 36.5 Å². The molecule has 6 heteroatoms. The molecule has 3 rings (SSSR count). The van der Waals surface area contributed by atoms with Crippen molar-refractivity contribution in [1.82, 2.24) is 0 Å². The van der Waals surface area contributed by atoms with Gasteiger partial charge >= 0.3 is 0 Å². The van der Waals surface area contributed by atoms with E-state index >= 15 is 0 Å². The molecular formula is C20H24O6. The largest absolute Gasteiger partial charge is 0.508 e. The highest BCUT2D eigenvalue weighted by Gasteiger charge is 2.26. The molecule has 2 atom stereocenters. The first-order chi connectivity index (χ1) is 12.7. The molecule has 0 aromatic heterocycles. The molecule has 1 aliphatic rings. The van der Waals surface area contributed by atoms with Gasteiger partial charge in [-0.1, -0.05) is 12.1 Å². The number of phenolic OH excluding ortho intramolecular Hbond substituents is 2. The summed E-state index contributed by atoms with van der Waals surface area (Å²) in [4.78, 5) is 0. The zero-order chi connectivity index (χ0) is 18.4. The molecule has 2 N–H and O–H groups in total. The fourth-order valence-electron chi connectivity index (χ4n) is 2.93. The summed E-state index contributed by atoms with van der Waals surface area (Å²) >= 11 is 0. The Labute approximate surface area is 152 Å². The quantitative estimate of drug-likeness (QED) is 0.578. The summed E-state index contributed by atoms with van der Waals surface area (Å²) in [7, 11) is 0. The van der Waals surface area contributed by atoms with E-state index < -0.39 is 0 Å². The van der Waals surface area contributed by atoms with E-state index in [-0.39, 0.29) is 30.5 Å². The lowest BCUT2D eigenvalue weighted by Gasteiger charge is -2.30. The van der Waals surface area contributed by atoms with Crippen LogP contribution in [0.5, 0.6) is 23.0 Å². The van der Waals surface area contributed by atoms with E-state index in [0.29, 0.717) is 31.1 Å². The Morgan fingerprint density at radius 2 is 1.96 bits per heavy atom. The van der Waals surface area contributed by atoms with Gasteiger partial charge in [-0.25, -0.2) is 0 Å². The molecule has 6 nitrogen and oxygen atoms in total. The van der Waals surface area contributed by atoms with Gasteiger partial charge in [-0.2, -0.15) is 0 Å². The highest BCUT2D eigenvalue weighted by atomic mass is 16.7. The number of phenols is 2. The van der Waals surface area contributed by atoms with E-state index in [4.69, 9.17) is 18.9 Å². The summed E-state index contributed by atoms with van der Waals surface area (Å²) in [5, 5.41) is 19.8. The van der Waals surface area contributed by atoms with Crippen molar-refractivity contribution >= 4 is 0 Å². The van der Waals surface area contributed by atoms with E-state index in [9.17, 15) is 10.2 Å². The van der Waals surface area contributed by atoms with E-state index in [0.717, 1.165) is 12.0 Å². The van der Waals surface area contributed by atoms with Crippen LogP contribution >= 0.6 is 0 Å². The van der Waals surface area contributed by atoms with Crippen molar-refractivity contribution in [2.24, 2.45) is 0 Å². The van der Waals surface area contributed by atoms with Crippen LogP contribution in [0.1, 0.15) is 31.2 Å². The van der Waals surface area contributed by atoms with Gasteiger partial charge in [0.15, 0.2) is 13.1 Å². The van der Waals surface area contributed by atoms with Gasteiger partial charge in [-0.15, -0.1) is 0 Å². The van der Waals surface area contributed by atoms with E-state index in [1.807, 2.05) is 19.1 Å². The third kappa shape index (κ3) is 4.80. The van der Waals surface area contributed by atoms with Crippen molar-refractivity contribution in [3.63, 3.8) is 0 Å². The second-order valence-corrected chi connectivity index (χ2v) is 6.13. The molecule has 0 aliphatic carbocycles. The lowest BCUT2D eigenvalue weighted by Crippen LogP contribution is -2.29.